The van der Waals surface area contributed by atoms with Crippen molar-refractivity contribution in [1.29, 1.82) is 0 Å². The Bertz CT molecular complexity index is 350. The van der Waals surface area contributed by atoms with E-state index in [2.05, 4.69) is 36.8 Å². The van der Waals surface area contributed by atoms with E-state index in [1.807, 2.05) is 6.07 Å². The number of aromatic nitrogens is 1. The summed E-state index contributed by atoms with van der Waals surface area (Å²) >= 11 is 6.80. The first-order valence-corrected chi connectivity index (χ1v) is 6.76. The smallest absolute Gasteiger partial charge is 0.0999 e. The lowest BCUT2D eigenvalue weighted by molar-refractivity contribution is 0.106. The zero-order valence-electron chi connectivity index (χ0n) is 8.29. The molecule has 2 rings (SSSR count). The van der Waals surface area contributed by atoms with Crippen molar-refractivity contribution >= 4 is 31.9 Å². The molecule has 1 unspecified atom stereocenters. The molecule has 1 aliphatic rings. The number of pyridine rings is 1. The van der Waals surface area contributed by atoms with Crippen LogP contribution in [0.4, 0.5) is 0 Å². The summed E-state index contributed by atoms with van der Waals surface area (Å²) in [6, 6.07) is 1.93. The molecule has 1 fully saturated rings. The molecule has 15 heavy (non-hydrogen) atoms. The normalized spacial score (nSPS) is 19.4. The third-order valence-electron chi connectivity index (χ3n) is 2.96. The number of nitrogens with zero attached hydrogens (tertiary/aromatic N) is 1. The van der Waals surface area contributed by atoms with Gasteiger partial charge in [0.05, 0.1) is 11.8 Å². The maximum absolute atomic E-state index is 10.2. The van der Waals surface area contributed by atoms with Gasteiger partial charge in [-0.3, -0.25) is 4.98 Å². The highest BCUT2D eigenvalue weighted by molar-refractivity contribution is 9.11. The van der Waals surface area contributed by atoms with Crippen molar-refractivity contribution in [3.8, 4) is 0 Å². The van der Waals surface area contributed by atoms with Crippen LogP contribution >= 0.6 is 31.9 Å². The van der Waals surface area contributed by atoms with Gasteiger partial charge in [-0.15, -0.1) is 0 Å². The van der Waals surface area contributed by atoms with E-state index in [0.29, 0.717) is 5.92 Å². The highest BCUT2D eigenvalue weighted by Crippen LogP contribution is 2.37. The molecule has 82 valence electrons. The van der Waals surface area contributed by atoms with E-state index < -0.39 is 6.10 Å². The van der Waals surface area contributed by atoms with E-state index in [0.717, 1.165) is 27.5 Å². The van der Waals surface area contributed by atoms with Gasteiger partial charge in [-0.1, -0.05) is 12.8 Å². The van der Waals surface area contributed by atoms with Crippen LogP contribution in [0.15, 0.2) is 21.2 Å². The standard InChI is InChI=1S/C11H13Br2NO/c12-8-5-9(13)10(14-6-8)11(15)7-3-1-2-4-7/h5-7,11,15H,1-4H2. The third kappa shape index (κ3) is 2.60. The van der Waals surface area contributed by atoms with Gasteiger partial charge < -0.3 is 5.11 Å². The number of aliphatic hydroxyl groups is 1. The van der Waals surface area contributed by atoms with Crippen LogP contribution < -0.4 is 0 Å². The second-order valence-electron chi connectivity index (χ2n) is 4.01. The zero-order valence-corrected chi connectivity index (χ0v) is 11.5. The van der Waals surface area contributed by atoms with Crippen molar-refractivity contribution in [3.63, 3.8) is 0 Å². The largest absolute Gasteiger partial charge is 0.386 e. The van der Waals surface area contributed by atoms with E-state index in [-0.39, 0.29) is 0 Å². The summed E-state index contributed by atoms with van der Waals surface area (Å²) in [5.74, 6) is 0.384. The second kappa shape index (κ2) is 4.93. The third-order valence-corrected chi connectivity index (χ3v) is 4.03. The lowest BCUT2D eigenvalue weighted by Gasteiger charge is -2.18. The number of rotatable bonds is 2. The topological polar surface area (TPSA) is 33.1 Å². The highest BCUT2D eigenvalue weighted by Gasteiger charge is 2.26. The number of halogens is 2. The van der Waals surface area contributed by atoms with E-state index in [9.17, 15) is 5.11 Å². The van der Waals surface area contributed by atoms with Gasteiger partial charge in [0.25, 0.3) is 0 Å². The molecule has 0 bridgehead atoms. The summed E-state index contributed by atoms with van der Waals surface area (Å²) < 4.78 is 1.81. The summed E-state index contributed by atoms with van der Waals surface area (Å²) in [6.45, 7) is 0. The van der Waals surface area contributed by atoms with Crippen molar-refractivity contribution in [2.45, 2.75) is 31.8 Å². The molecule has 2 nitrogen and oxygen atoms in total. The molecule has 1 atom stereocenters. The van der Waals surface area contributed by atoms with Crippen molar-refractivity contribution < 1.29 is 5.11 Å². The van der Waals surface area contributed by atoms with Gasteiger partial charge in [0.15, 0.2) is 0 Å². The van der Waals surface area contributed by atoms with Gasteiger partial charge >= 0.3 is 0 Å². The van der Waals surface area contributed by atoms with E-state index in [1.54, 1.807) is 6.20 Å². The Morgan fingerprint density at radius 1 is 1.33 bits per heavy atom. The second-order valence-corrected chi connectivity index (χ2v) is 5.78. The Hall–Kier alpha value is 0.0700. The highest BCUT2D eigenvalue weighted by atomic mass is 79.9. The minimum Gasteiger partial charge on any atom is -0.386 e. The van der Waals surface area contributed by atoms with Crippen molar-refractivity contribution in [3.05, 3.63) is 26.9 Å². The van der Waals surface area contributed by atoms with Crippen LogP contribution in [0.2, 0.25) is 0 Å². The molecule has 4 heteroatoms. The first-order valence-electron chi connectivity index (χ1n) is 5.17. The number of hydrogen-bond acceptors (Lipinski definition) is 2. The minimum atomic E-state index is -0.421. The Morgan fingerprint density at radius 3 is 2.60 bits per heavy atom. The van der Waals surface area contributed by atoms with Crippen molar-refractivity contribution in [1.82, 2.24) is 4.98 Å². The van der Waals surface area contributed by atoms with E-state index in [1.165, 1.54) is 12.8 Å². The Labute approximate surface area is 106 Å². The Balaban J connectivity index is 2.20. The number of aliphatic hydroxyl groups excluding tert-OH is 1. The molecule has 1 aromatic heterocycles. The van der Waals surface area contributed by atoms with Gasteiger partial charge in [0.2, 0.25) is 0 Å². The fraction of sp³-hybridized carbons (Fsp3) is 0.545. The van der Waals surface area contributed by atoms with Crippen LogP contribution in [-0.2, 0) is 0 Å². The molecule has 1 N–H and O–H groups in total. The van der Waals surface area contributed by atoms with E-state index >= 15 is 0 Å². The molecule has 0 amide bonds. The van der Waals surface area contributed by atoms with Gasteiger partial charge in [-0.2, -0.15) is 0 Å². The molecule has 0 spiro atoms. The van der Waals surface area contributed by atoms with Crippen LogP contribution in [0.25, 0.3) is 0 Å². The first kappa shape index (κ1) is 11.6. The van der Waals surface area contributed by atoms with Crippen molar-refractivity contribution in [2.24, 2.45) is 5.92 Å². The molecule has 1 aliphatic carbocycles. The molecular weight excluding hydrogens is 322 g/mol. The Morgan fingerprint density at radius 2 is 2.00 bits per heavy atom. The van der Waals surface area contributed by atoms with E-state index in [4.69, 9.17) is 0 Å². The van der Waals surface area contributed by atoms with Crippen LogP contribution in [0.3, 0.4) is 0 Å². The van der Waals surface area contributed by atoms with Gasteiger partial charge in [0, 0.05) is 15.1 Å². The first-order chi connectivity index (χ1) is 7.18. The predicted octanol–water partition coefficient (Wildman–Crippen LogP) is 3.83. The lowest BCUT2D eigenvalue weighted by atomic mass is 9.98. The van der Waals surface area contributed by atoms with Crippen LogP contribution in [0.5, 0.6) is 0 Å². The lowest BCUT2D eigenvalue weighted by Crippen LogP contribution is -2.11. The van der Waals surface area contributed by atoms with Crippen LogP contribution in [-0.4, -0.2) is 10.1 Å². The summed E-state index contributed by atoms with van der Waals surface area (Å²) in [7, 11) is 0. The van der Waals surface area contributed by atoms with Crippen LogP contribution in [0, 0.1) is 5.92 Å². The fourth-order valence-electron chi connectivity index (χ4n) is 2.14. The summed E-state index contributed by atoms with van der Waals surface area (Å²) in [6.07, 6.45) is 6.01. The molecule has 0 aromatic carbocycles. The van der Waals surface area contributed by atoms with Gasteiger partial charge in [-0.25, -0.2) is 0 Å². The zero-order chi connectivity index (χ0) is 10.8. The van der Waals surface area contributed by atoms with Gasteiger partial charge in [-0.05, 0) is 56.7 Å². The molecule has 0 aliphatic heterocycles. The summed E-state index contributed by atoms with van der Waals surface area (Å²) in [5, 5.41) is 10.2. The maximum Gasteiger partial charge on any atom is 0.0999 e. The number of hydrogen-bond donors (Lipinski definition) is 1. The fourth-order valence-corrected chi connectivity index (χ4v) is 3.36. The maximum atomic E-state index is 10.2. The van der Waals surface area contributed by atoms with Crippen LogP contribution in [0.1, 0.15) is 37.5 Å². The summed E-state index contributed by atoms with van der Waals surface area (Å²) in [5.41, 5.74) is 0.769. The van der Waals surface area contributed by atoms with Gasteiger partial charge in [0.1, 0.15) is 0 Å². The average Bonchev–Trinajstić information content (AvgIpc) is 2.69. The molecular formula is C11H13Br2NO. The molecule has 1 saturated carbocycles. The Kier molecular flexibility index (Phi) is 3.80. The summed E-state index contributed by atoms with van der Waals surface area (Å²) in [4.78, 5) is 4.28. The SMILES string of the molecule is OC(c1ncc(Br)cc1Br)C1CCCC1. The molecule has 0 saturated heterocycles. The van der Waals surface area contributed by atoms with Crippen molar-refractivity contribution in [2.75, 3.05) is 0 Å². The predicted molar refractivity (Wildman–Crippen MR) is 66.6 cm³/mol. The average molecular weight is 335 g/mol. The minimum absolute atomic E-state index is 0.384. The molecule has 1 heterocycles. The molecule has 1 aromatic rings. The molecule has 0 radical (unpaired) electrons. The monoisotopic (exact) mass is 333 g/mol. The quantitative estimate of drug-likeness (QED) is 0.891.